The fraction of sp³-hybridized carbons (Fsp3) is 0.125. The van der Waals surface area contributed by atoms with Gasteiger partial charge in [0.2, 0.25) is 0 Å². The van der Waals surface area contributed by atoms with E-state index in [9.17, 15) is 13.4 Å². The van der Waals surface area contributed by atoms with E-state index >= 15 is 0 Å². The summed E-state index contributed by atoms with van der Waals surface area (Å²) in [4.78, 5) is 16.8. The predicted octanol–water partition coefficient (Wildman–Crippen LogP) is 3.43. The molecule has 0 aliphatic carbocycles. The number of aromatic nitrogens is 2. The molecule has 5 nitrogen and oxygen atoms in total. The molecule has 24 heavy (non-hydrogen) atoms. The Morgan fingerprint density at radius 2 is 2.08 bits per heavy atom. The largest absolute Gasteiger partial charge is 0.465 e. The summed E-state index contributed by atoms with van der Waals surface area (Å²) in [6.45, 7) is 0. The van der Waals surface area contributed by atoms with Crippen LogP contribution in [0.5, 0.6) is 0 Å². The van der Waals surface area contributed by atoms with E-state index in [0.717, 1.165) is 6.20 Å². The fourth-order valence-electron chi connectivity index (χ4n) is 2.43. The molecule has 0 aliphatic heterocycles. The van der Waals surface area contributed by atoms with Gasteiger partial charge in [0, 0.05) is 10.7 Å². The first kappa shape index (κ1) is 16.8. The summed E-state index contributed by atoms with van der Waals surface area (Å²) in [6, 6.07) is 9.96. The lowest BCUT2D eigenvalue weighted by molar-refractivity contribution is 0.0602. The van der Waals surface area contributed by atoms with Gasteiger partial charge in [-0.25, -0.2) is 22.4 Å². The highest BCUT2D eigenvalue weighted by molar-refractivity contribution is 9.08. The van der Waals surface area contributed by atoms with Crippen LogP contribution in [0.2, 0.25) is 0 Å². The van der Waals surface area contributed by atoms with Crippen LogP contribution in [-0.4, -0.2) is 26.2 Å². The number of pyridine rings is 1. The van der Waals surface area contributed by atoms with Gasteiger partial charge in [0.25, 0.3) is 0 Å². The zero-order valence-electron chi connectivity index (χ0n) is 12.5. The first-order chi connectivity index (χ1) is 11.6. The number of ether oxygens (including phenoxy) is 1. The maximum absolute atomic E-state index is 13.6. The summed E-state index contributed by atoms with van der Waals surface area (Å²) in [6.07, 6.45) is 1.03. The summed E-state index contributed by atoms with van der Waals surface area (Å²) < 4.78 is 32.9. The van der Waals surface area contributed by atoms with Crippen LogP contribution in [-0.2, 0) is 21.1 Å². The van der Waals surface area contributed by atoms with Gasteiger partial charge in [0.1, 0.15) is 5.82 Å². The lowest BCUT2D eigenvalue weighted by Gasteiger charge is -2.08. The minimum Gasteiger partial charge on any atom is -0.465 e. The molecule has 3 aromatic rings. The van der Waals surface area contributed by atoms with Crippen LogP contribution in [0.4, 0.5) is 4.39 Å². The van der Waals surface area contributed by atoms with Crippen molar-refractivity contribution in [2.75, 3.05) is 7.11 Å². The van der Waals surface area contributed by atoms with Crippen LogP contribution in [0.15, 0.2) is 47.5 Å². The normalized spacial score (nSPS) is 12.3. The van der Waals surface area contributed by atoms with E-state index in [4.69, 9.17) is 4.74 Å². The van der Waals surface area contributed by atoms with Gasteiger partial charge in [0.15, 0.2) is 16.6 Å². The maximum atomic E-state index is 13.6. The van der Waals surface area contributed by atoms with Crippen molar-refractivity contribution < 1.29 is 18.1 Å². The Labute approximate surface area is 148 Å². The third kappa shape index (κ3) is 2.76. The van der Waals surface area contributed by atoms with Crippen LogP contribution >= 0.6 is 15.9 Å². The van der Waals surface area contributed by atoms with Gasteiger partial charge in [-0.1, -0.05) is 34.1 Å². The lowest BCUT2D eigenvalue weighted by Crippen LogP contribution is -2.11. The number of halogens is 2. The number of hydrogen-bond acceptors (Lipinski definition) is 4. The molecule has 2 aromatic heterocycles. The number of alkyl halides is 1. The van der Waals surface area contributed by atoms with Gasteiger partial charge < -0.3 is 4.74 Å². The number of nitrogens with zero attached hydrogens (tertiary/aromatic N) is 2. The number of methoxy groups -OCH3 is 1. The van der Waals surface area contributed by atoms with Crippen molar-refractivity contribution in [3.8, 4) is 0 Å². The molecule has 3 rings (SSSR count). The molecule has 124 valence electrons. The molecular formula is C16H12BrFN2O3S. The van der Waals surface area contributed by atoms with Gasteiger partial charge >= 0.3 is 5.97 Å². The Balaban J connectivity index is 2.35. The molecule has 0 spiro atoms. The standard InChI is InChI=1S/C16H12BrFN2O3S/c1-23-16(21)14-12-7-10(18)9-19-15(12)20(13(14)8-17)24(22)11-5-3-2-4-6-11/h2-7,9H,8H2,1H3. The van der Waals surface area contributed by atoms with E-state index in [-0.39, 0.29) is 21.9 Å². The highest BCUT2D eigenvalue weighted by Gasteiger charge is 2.27. The van der Waals surface area contributed by atoms with E-state index in [1.54, 1.807) is 24.3 Å². The fourth-order valence-corrected chi connectivity index (χ4v) is 4.39. The van der Waals surface area contributed by atoms with Crippen molar-refractivity contribution >= 4 is 43.9 Å². The lowest BCUT2D eigenvalue weighted by atomic mass is 10.2. The Morgan fingerprint density at radius 3 is 2.71 bits per heavy atom. The van der Waals surface area contributed by atoms with Gasteiger partial charge in [-0.3, -0.25) is 0 Å². The van der Waals surface area contributed by atoms with Crippen LogP contribution < -0.4 is 0 Å². The average molecular weight is 411 g/mol. The number of esters is 1. The molecule has 0 aliphatic rings. The minimum atomic E-state index is -1.64. The van der Waals surface area contributed by atoms with Crippen molar-refractivity contribution in [1.29, 1.82) is 0 Å². The van der Waals surface area contributed by atoms with Crippen LogP contribution in [0.25, 0.3) is 11.0 Å². The second kappa shape index (κ2) is 6.82. The molecule has 0 saturated heterocycles. The van der Waals surface area contributed by atoms with Crippen molar-refractivity contribution in [1.82, 2.24) is 8.96 Å². The summed E-state index contributed by atoms with van der Waals surface area (Å²) in [7, 11) is -0.403. The molecule has 0 radical (unpaired) electrons. The highest BCUT2D eigenvalue weighted by atomic mass is 79.9. The van der Waals surface area contributed by atoms with Crippen LogP contribution in [0, 0.1) is 5.82 Å². The van der Waals surface area contributed by atoms with Crippen molar-refractivity contribution in [2.45, 2.75) is 10.2 Å². The molecule has 0 N–H and O–H groups in total. The Kier molecular flexibility index (Phi) is 4.77. The van der Waals surface area contributed by atoms with E-state index in [1.807, 2.05) is 6.07 Å². The van der Waals surface area contributed by atoms with Crippen molar-refractivity contribution in [2.24, 2.45) is 0 Å². The minimum absolute atomic E-state index is 0.153. The second-order valence-corrected chi connectivity index (χ2v) is 6.72. The molecular weight excluding hydrogens is 399 g/mol. The van der Waals surface area contributed by atoms with Crippen LogP contribution in [0.3, 0.4) is 0 Å². The molecule has 0 bridgehead atoms. The quantitative estimate of drug-likeness (QED) is 0.488. The first-order valence-corrected chi connectivity index (χ1v) is 9.11. The zero-order chi connectivity index (χ0) is 17.3. The molecule has 1 aromatic carbocycles. The first-order valence-electron chi connectivity index (χ1n) is 6.89. The molecule has 8 heteroatoms. The van der Waals surface area contributed by atoms with Gasteiger partial charge in [0.05, 0.1) is 29.5 Å². The summed E-state index contributed by atoms with van der Waals surface area (Å²) in [5.41, 5.74) is 0.825. The second-order valence-electron chi connectivity index (χ2n) is 4.83. The number of carbonyl (C=O) groups excluding carboxylic acids is 1. The summed E-state index contributed by atoms with van der Waals surface area (Å²) in [5, 5.41) is 0.495. The smallest absolute Gasteiger partial charge is 0.340 e. The third-order valence-electron chi connectivity index (χ3n) is 3.46. The third-order valence-corrected chi connectivity index (χ3v) is 5.39. The summed E-state index contributed by atoms with van der Waals surface area (Å²) in [5.74, 6) is -1.22. The Bertz CT molecular complexity index is 943. The van der Waals surface area contributed by atoms with E-state index in [2.05, 4.69) is 20.9 Å². The SMILES string of the molecule is COC(=O)c1c(CBr)n(S(=O)c2ccccc2)c2ncc(F)cc12. The van der Waals surface area contributed by atoms with Crippen molar-refractivity contribution in [3.63, 3.8) is 0 Å². The topological polar surface area (TPSA) is 61.2 Å². The molecule has 2 heterocycles. The van der Waals surface area contributed by atoms with Crippen LogP contribution in [0.1, 0.15) is 16.1 Å². The maximum Gasteiger partial charge on any atom is 0.340 e. The average Bonchev–Trinajstić information content (AvgIpc) is 2.94. The molecule has 1 unspecified atom stereocenters. The number of rotatable bonds is 4. The molecule has 0 fully saturated rings. The molecule has 1 atom stereocenters. The van der Waals surface area contributed by atoms with Crippen molar-refractivity contribution in [3.05, 3.63) is 59.7 Å². The van der Waals surface area contributed by atoms with E-state index in [0.29, 0.717) is 10.6 Å². The van der Waals surface area contributed by atoms with Gasteiger partial charge in [-0.05, 0) is 18.2 Å². The van der Waals surface area contributed by atoms with E-state index in [1.165, 1.54) is 17.1 Å². The molecule has 0 amide bonds. The van der Waals surface area contributed by atoms with E-state index < -0.39 is 22.8 Å². The van der Waals surface area contributed by atoms with Gasteiger partial charge in [-0.15, -0.1) is 0 Å². The highest BCUT2D eigenvalue weighted by Crippen LogP contribution is 2.30. The molecule has 0 saturated carbocycles. The predicted molar refractivity (Wildman–Crippen MR) is 91.9 cm³/mol. The zero-order valence-corrected chi connectivity index (χ0v) is 14.9. The number of benzene rings is 1. The number of carbonyl (C=O) groups is 1. The number of hydrogen-bond donors (Lipinski definition) is 0. The summed E-state index contributed by atoms with van der Waals surface area (Å²) >= 11 is 3.31. The Hall–Kier alpha value is -2.06. The van der Waals surface area contributed by atoms with Gasteiger partial charge in [-0.2, -0.15) is 0 Å². The monoisotopic (exact) mass is 410 g/mol. The Morgan fingerprint density at radius 1 is 1.38 bits per heavy atom. The number of fused-ring (bicyclic) bond motifs is 1.